The lowest BCUT2D eigenvalue weighted by molar-refractivity contribution is 0.0451. The van der Waals surface area contributed by atoms with E-state index in [1.807, 2.05) is 0 Å². The second-order valence-electron chi connectivity index (χ2n) is 5.86. The molecular formula is C14H18ClNO4S. The van der Waals surface area contributed by atoms with Gasteiger partial charge in [-0.1, -0.05) is 19.3 Å². The molecule has 1 aromatic rings. The van der Waals surface area contributed by atoms with Crippen molar-refractivity contribution >= 4 is 25.7 Å². The Morgan fingerprint density at radius 2 is 2.05 bits per heavy atom. The van der Waals surface area contributed by atoms with Gasteiger partial charge in [0.1, 0.15) is 10.6 Å². The summed E-state index contributed by atoms with van der Waals surface area (Å²) >= 11 is 0. The quantitative estimate of drug-likeness (QED) is 0.593. The highest BCUT2D eigenvalue weighted by molar-refractivity contribution is 8.13. The van der Waals surface area contributed by atoms with Crippen molar-refractivity contribution in [2.75, 3.05) is 6.61 Å². The van der Waals surface area contributed by atoms with Crippen molar-refractivity contribution in [1.82, 2.24) is 4.57 Å². The minimum absolute atomic E-state index is 0.0398. The highest BCUT2D eigenvalue weighted by Crippen LogP contribution is 2.38. The average molecular weight is 332 g/mol. The van der Waals surface area contributed by atoms with Crippen LogP contribution >= 0.6 is 10.7 Å². The van der Waals surface area contributed by atoms with Crippen LogP contribution in [0.15, 0.2) is 17.2 Å². The van der Waals surface area contributed by atoms with E-state index in [-0.39, 0.29) is 16.6 Å². The first-order chi connectivity index (χ1) is 9.95. The van der Waals surface area contributed by atoms with Crippen molar-refractivity contribution in [3.05, 3.63) is 18.0 Å². The predicted molar refractivity (Wildman–Crippen MR) is 78.0 cm³/mol. The molecule has 0 radical (unpaired) electrons. The predicted octanol–water partition coefficient (Wildman–Crippen LogP) is 3.10. The fraction of sp³-hybridized carbons (Fsp3) is 0.643. The van der Waals surface area contributed by atoms with Crippen LogP contribution in [-0.2, 0) is 13.8 Å². The molecule has 1 heterocycles. The van der Waals surface area contributed by atoms with Crippen LogP contribution in [-0.4, -0.2) is 25.6 Å². The minimum atomic E-state index is -3.83. The fourth-order valence-electron chi connectivity index (χ4n) is 2.58. The van der Waals surface area contributed by atoms with Crippen molar-refractivity contribution in [1.29, 1.82) is 0 Å². The van der Waals surface area contributed by atoms with E-state index in [1.165, 1.54) is 31.5 Å². The van der Waals surface area contributed by atoms with Crippen LogP contribution in [0.2, 0.25) is 0 Å². The summed E-state index contributed by atoms with van der Waals surface area (Å²) < 4.78 is 29.8. The molecule has 2 saturated carbocycles. The Bertz CT molecular complexity index is 644. The molecule has 0 spiro atoms. The number of esters is 1. The summed E-state index contributed by atoms with van der Waals surface area (Å²) in [6.07, 6.45) is 7.89. The second kappa shape index (κ2) is 5.65. The zero-order valence-electron chi connectivity index (χ0n) is 11.6. The summed E-state index contributed by atoms with van der Waals surface area (Å²) in [5.41, 5.74) is 0.283. The normalized spacial score (nSPS) is 19.3. The number of hydrogen-bond donors (Lipinski definition) is 0. The van der Waals surface area contributed by atoms with Crippen LogP contribution in [0.25, 0.3) is 0 Å². The third-order valence-electron chi connectivity index (χ3n) is 4.24. The highest BCUT2D eigenvalue weighted by atomic mass is 35.7. The summed E-state index contributed by atoms with van der Waals surface area (Å²) in [6.45, 7) is 0.391. The number of halogens is 1. The Kier molecular flexibility index (Phi) is 4.01. The molecular weight excluding hydrogens is 314 g/mol. The zero-order valence-corrected chi connectivity index (χ0v) is 13.2. The minimum Gasteiger partial charge on any atom is -0.461 e. The number of carbonyl (C=O) groups excluding carboxylic acids is 1. The molecule has 3 rings (SSSR count). The third-order valence-corrected chi connectivity index (χ3v) is 5.56. The summed E-state index contributed by atoms with van der Waals surface area (Å²) in [5.74, 6) is 0.208. The highest BCUT2D eigenvalue weighted by Gasteiger charge is 2.30. The van der Waals surface area contributed by atoms with Crippen LogP contribution in [0, 0.1) is 5.92 Å². The number of nitrogens with zero attached hydrogens (tertiary/aromatic N) is 1. The van der Waals surface area contributed by atoms with Crippen molar-refractivity contribution in [3.8, 4) is 0 Å². The van der Waals surface area contributed by atoms with Gasteiger partial charge in [0.25, 0.3) is 9.05 Å². The fourth-order valence-corrected chi connectivity index (χ4v) is 3.32. The van der Waals surface area contributed by atoms with Crippen molar-refractivity contribution in [2.45, 2.75) is 49.5 Å². The Labute approximate surface area is 128 Å². The molecule has 2 aliphatic rings. The van der Waals surface area contributed by atoms with Gasteiger partial charge >= 0.3 is 5.97 Å². The molecule has 0 atom stereocenters. The molecule has 2 aliphatic carbocycles. The van der Waals surface area contributed by atoms with E-state index in [0.29, 0.717) is 12.5 Å². The lowest BCUT2D eigenvalue weighted by Gasteiger charge is -2.24. The van der Waals surface area contributed by atoms with Gasteiger partial charge in [-0.2, -0.15) is 0 Å². The maximum atomic E-state index is 12.1. The summed E-state index contributed by atoms with van der Waals surface area (Å²) in [5, 5.41) is 0. The average Bonchev–Trinajstić information content (AvgIpc) is 3.09. The van der Waals surface area contributed by atoms with Crippen molar-refractivity contribution < 1.29 is 17.9 Å². The molecule has 0 aromatic carbocycles. The monoisotopic (exact) mass is 331 g/mol. The summed E-state index contributed by atoms with van der Waals surface area (Å²) in [4.78, 5) is 12.1. The van der Waals surface area contributed by atoms with Crippen LogP contribution in [0.3, 0.4) is 0 Å². The molecule has 0 N–H and O–H groups in total. The van der Waals surface area contributed by atoms with E-state index in [9.17, 15) is 13.2 Å². The first kappa shape index (κ1) is 14.9. The molecule has 0 bridgehead atoms. The summed E-state index contributed by atoms with van der Waals surface area (Å²) in [6, 6.07) is 1.50. The van der Waals surface area contributed by atoms with Gasteiger partial charge < -0.3 is 9.30 Å². The maximum absolute atomic E-state index is 12.1. The Balaban J connectivity index is 1.70. The van der Waals surface area contributed by atoms with E-state index < -0.39 is 15.0 Å². The van der Waals surface area contributed by atoms with E-state index in [2.05, 4.69) is 0 Å². The van der Waals surface area contributed by atoms with Crippen LogP contribution in [0.5, 0.6) is 0 Å². The van der Waals surface area contributed by atoms with Gasteiger partial charge in [-0.3, -0.25) is 0 Å². The Hall–Kier alpha value is -1.01. The van der Waals surface area contributed by atoms with E-state index >= 15 is 0 Å². The number of carbonyl (C=O) groups is 1. The topological polar surface area (TPSA) is 65.4 Å². The smallest absolute Gasteiger partial charge is 0.354 e. The Morgan fingerprint density at radius 1 is 1.33 bits per heavy atom. The molecule has 0 amide bonds. The molecule has 21 heavy (non-hydrogen) atoms. The van der Waals surface area contributed by atoms with Gasteiger partial charge in [0.2, 0.25) is 0 Å². The number of ether oxygens (including phenoxy) is 1. The van der Waals surface area contributed by atoms with Gasteiger partial charge in [0.05, 0.1) is 6.61 Å². The largest absolute Gasteiger partial charge is 0.461 e. The molecule has 116 valence electrons. The lowest BCUT2D eigenvalue weighted by atomic mass is 9.83. The van der Waals surface area contributed by atoms with Crippen LogP contribution < -0.4 is 0 Å². The van der Waals surface area contributed by atoms with E-state index in [1.54, 1.807) is 4.57 Å². The first-order valence-corrected chi connectivity index (χ1v) is 9.60. The molecule has 0 aliphatic heterocycles. The summed E-state index contributed by atoms with van der Waals surface area (Å²) in [7, 11) is 1.52. The molecule has 5 nitrogen and oxygen atoms in total. The van der Waals surface area contributed by atoms with Crippen molar-refractivity contribution in [2.24, 2.45) is 5.92 Å². The standard InChI is InChI=1S/C14H18ClNO4S/c15-21(18,19)12-8-13(16(9-12)11-4-5-11)14(17)20-7-6-10-2-1-3-10/h8-11H,1-7H2. The Morgan fingerprint density at radius 3 is 2.57 bits per heavy atom. The van der Waals surface area contributed by atoms with E-state index in [4.69, 9.17) is 15.4 Å². The molecule has 0 saturated heterocycles. The van der Waals surface area contributed by atoms with Gasteiger partial charge in [-0.15, -0.1) is 0 Å². The third kappa shape index (κ3) is 3.43. The van der Waals surface area contributed by atoms with Crippen LogP contribution in [0.4, 0.5) is 0 Å². The molecule has 1 aromatic heterocycles. The lowest BCUT2D eigenvalue weighted by Crippen LogP contribution is -2.17. The molecule has 7 heteroatoms. The zero-order chi connectivity index (χ0) is 15.0. The van der Waals surface area contributed by atoms with E-state index in [0.717, 1.165) is 19.3 Å². The SMILES string of the molecule is O=C(OCCC1CCC1)c1cc(S(=O)(=O)Cl)cn1C1CC1. The molecule has 0 unspecified atom stereocenters. The van der Waals surface area contributed by atoms with Crippen molar-refractivity contribution in [3.63, 3.8) is 0 Å². The van der Waals surface area contributed by atoms with Gasteiger partial charge in [0, 0.05) is 22.9 Å². The number of rotatable bonds is 6. The van der Waals surface area contributed by atoms with Gasteiger partial charge in [0.15, 0.2) is 0 Å². The maximum Gasteiger partial charge on any atom is 0.354 e. The first-order valence-electron chi connectivity index (χ1n) is 7.29. The second-order valence-corrected chi connectivity index (χ2v) is 8.42. The van der Waals surface area contributed by atoms with Gasteiger partial charge in [-0.05, 0) is 31.2 Å². The molecule has 2 fully saturated rings. The number of aromatic nitrogens is 1. The van der Waals surface area contributed by atoms with Crippen LogP contribution in [0.1, 0.15) is 55.1 Å². The van der Waals surface area contributed by atoms with Gasteiger partial charge in [-0.25, -0.2) is 13.2 Å². The number of hydrogen-bond acceptors (Lipinski definition) is 4.